The van der Waals surface area contributed by atoms with Crippen LogP contribution in [-0.4, -0.2) is 46.1 Å². The summed E-state index contributed by atoms with van der Waals surface area (Å²) >= 11 is 1.72. The highest BCUT2D eigenvalue weighted by Gasteiger charge is 2.09. The number of aryl methyl sites for hydroxylation is 1. The van der Waals surface area contributed by atoms with Crippen LogP contribution >= 0.6 is 11.8 Å². The Labute approximate surface area is 130 Å². The van der Waals surface area contributed by atoms with Crippen molar-refractivity contribution < 1.29 is 0 Å². The molecule has 2 aromatic rings. The third kappa shape index (κ3) is 5.06. The predicted octanol–water partition coefficient (Wildman–Crippen LogP) is 2.15. The first-order chi connectivity index (χ1) is 10.2. The van der Waals surface area contributed by atoms with Crippen LogP contribution in [0.5, 0.6) is 0 Å². The number of benzene rings is 1. The Balaban J connectivity index is 1.85. The molecule has 21 heavy (non-hydrogen) atoms. The van der Waals surface area contributed by atoms with E-state index in [-0.39, 0.29) is 0 Å². The first-order valence-corrected chi connectivity index (χ1v) is 8.15. The van der Waals surface area contributed by atoms with Gasteiger partial charge in [0.05, 0.1) is 0 Å². The molecule has 1 aromatic carbocycles. The fraction of sp³-hybridized carbons (Fsp3) is 0.467. The summed E-state index contributed by atoms with van der Waals surface area (Å²) < 4.78 is 2.01. The first-order valence-electron chi connectivity index (χ1n) is 7.17. The summed E-state index contributed by atoms with van der Waals surface area (Å²) in [4.78, 5) is 2.17. The topological polar surface area (TPSA) is 60.0 Å². The molecule has 0 bridgehead atoms. The molecule has 0 aliphatic heterocycles. The second-order valence-electron chi connectivity index (χ2n) is 5.23. The van der Waals surface area contributed by atoms with Gasteiger partial charge in [-0.3, -0.25) is 4.57 Å². The van der Waals surface area contributed by atoms with E-state index >= 15 is 0 Å². The highest BCUT2D eigenvalue weighted by molar-refractivity contribution is 7.99. The fourth-order valence-corrected chi connectivity index (χ4v) is 3.03. The van der Waals surface area contributed by atoms with E-state index in [1.807, 2.05) is 10.6 Å². The molecular weight excluding hydrogens is 282 g/mol. The molecule has 1 heterocycles. The van der Waals surface area contributed by atoms with Crippen LogP contribution in [0.4, 0.5) is 5.95 Å². The standard InChI is InChI=1S/C15H23N5S/c1-19(2)10-6-11-20-14(16)17-18-15(20)21-12-9-13-7-4-3-5-8-13/h3-5,7-8H,6,9-12H2,1-2H3,(H2,16,17). The summed E-state index contributed by atoms with van der Waals surface area (Å²) in [5, 5.41) is 9.10. The van der Waals surface area contributed by atoms with E-state index in [1.165, 1.54) is 5.56 Å². The van der Waals surface area contributed by atoms with E-state index in [2.05, 4.69) is 53.5 Å². The number of anilines is 1. The number of nitrogens with two attached hydrogens (primary N) is 1. The number of nitrogens with zero attached hydrogens (tertiary/aromatic N) is 4. The maximum atomic E-state index is 5.90. The molecule has 1 aromatic heterocycles. The van der Waals surface area contributed by atoms with Gasteiger partial charge in [0, 0.05) is 12.3 Å². The molecule has 0 atom stereocenters. The van der Waals surface area contributed by atoms with E-state index in [1.54, 1.807) is 11.8 Å². The molecule has 2 rings (SSSR count). The van der Waals surface area contributed by atoms with Crippen molar-refractivity contribution in [2.75, 3.05) is 32.1 Å². The maximum absolute atomic E-state index is 5.90. The second kappa shape index (κ2) is 8.05. The molecule has 0 radical (unpaired) electrons. The molecule has 0 saturated heterocycles. The Morgan fingerprint density at radius 3 is 2.67 bits per heavy atom. The second-order valence-corrected chi connectivity index (χ2v) is 6.30. The van der Waals surface area contributed by atoms with Crippen LogP contribution < -0.4 is 5.73 Å². The number of rotatable bonds is 8. The van der Waals surface area contributed by atoms with Crippen molar-refractivity contribution in [3.05, 3.63) is 35.9 Å². The van der Waals surface area contributed by atoms with Gasteiger partial charge >= 0.3 is 0 Å². The monoisotopic (exact) mass is 305 g/mol. The van der Waals surface area contributed by atoms with Crippen molar-refractivity contribution in [3.8, 4) is 0 Å². The largest absolute Gasteiger partial charge is 0.368 e. The third-order valence-electron chi connectivity index (χ3n) is 3.20. The summed E-state index contributed by atoms with van der Waals surface area (Å²) in [5.41, 5.74) is 7.25. The normalized spacial score (nSPS) is 11.2. The van der Waals surface area contributed by atoms with Gasteiger partial charge in [-0.25, -0.2) is 0 Å². The van der Waals surface area contributed by atoms with E-state index < -0.39 is 0 Å². The van der Waals surface area contributed by atoms with Crippen molar-refractivity contribution in [1.29, 1.82) is 0 Å². The van der Waals surface area contributed by atoms with Gasteiger partial charge in [-0.05, 0) is 39.0 Å². The van der Waals surface area contributed by atoms with Crippen molar-refractivity contribution in [1.82, 2.24) is 19.7 Å². The molecule has 0 amide bonds. The zero-order chi connectivity index (χ0) is 15.1. The average Bonchev–Trinajstić information content (AvgIpc) is 2.81. The van der Waals surface area contributed by atoms with Crippen LogP contribution in [0, 0.1) is 0 Å². The summed E-state index contributed by atoms with van der Waals surface area (Å²) in [6.45, 7) is 1.90. The van der Waals surface area contributed by atoms with E-state index in [4.69, 9.17) is 5.73 Å². The van der Waals surface area contributed by atoms with Gasteiger partial charge in [-0.1, -0.05) is 42.1 Å². The summed E-state index contributed by atoms with van der Waals surface area (Å²) in [7, 11) is 4.15. The molecule has 2 N–H and O–H groups in total. The van der Waals surface area contributed by atoms with Crippen LogP contribution in [0.25, 0.3) is 0 Å². The lowest BCUT2D eigenvalue weighted by Gasteiger charge is -2.11. The quantitative estimate of drug-likeness (QED) is 0.757. The third-order valence-corrected chi connectivity index (χ3v) is 4.17. The maximum Gasteiger partial charge on any atom is 0.222 e. The van der Waals surface area contributed by atoms with Crippen molar-refractivity contribution >= 4 is 17.7 Å². The average molecular weight is 305 g/mol. The molecule has 114 valence electrons. The van der Waals surface area contributed by atoms with Crippen LogP contribution in [0.1, 0.15) is 12.0 Å². The van der Waals surface area contributed by atoms with E-state index in [0.717, 1.165) is 36.8 Å². The molecule has 0 aliphatic carbocycles. The van der Waals surface area contributed by atoms with E-state index in [0.29, 0.717) is 5.95 Å². The Morgan fingerprint density at radius 2 is 1.95 bits per heavy atom. The number of thioether (sulfide) groups is 1. The molecule has 0 spiro atoms. The van der Waals surface area contributed by atoms with E-state index in [9.17, 15) is 0 Å². The molecule has 0 unspecified atom stereocenters. The number of hydrogen-bond donors (Lipinski definition) is 1. The van der Waals surface area contributed by atoms with Crippen molar-refractivity contribution in [3.63, 3.8) is 0 Å². The van der Waals surface area contributed by atoms with Gasteiger partial charge in [0.15, 0.2) is 5.16 Å². The lowest BCUT2D eigenvalue weighted by Crippen LogP contribution is -2.16. The Morgan fingerprint density at radius 1 is 1.19 bits per heavy atom. The number of nitrogen functional groups attached to an aromatic ring is 1. The van der Waals surface area contributed by atoms with Crippen molar-refractivity contribution in [2.24, 2.45) is 0 Å². The van der Waals surface area contributed by atoms with Gasteiger partial charge in [0.2, 0.25) is 5.95 Å². The minimum absolute atomic E-state index is 0.510. The summed E-state index contributed by atoms with van der Waals surface area (Å²) in [5.74, 6) is 1.49. The summed E-state index contributed by atoms with van der Waals surface area (Å²) in [6, 6.07) is 10.5. The Hall–Kier alpha value is -1.53. The minimum Gasteiger partial charge on any atom is -0.368 e. The molecule has 0 saturated carbocycles. The van der Waals surface area contributed by atoms with Crippen LogP contribution in [0.3, 0.4) is 0 Å². The smallest absolute Gasteiger partial charge is 0.222 e. The van der Waals surface area contributed by atoms with Gasteiger partial charge in [-0.15, -0.1) is 10.2 Å². The Bertz CT molecular complexity index is 538. The number of aromatic nitrogens is 3. The SMILES string of the molecule is CN(C)CCCn1c(N)nnc1SCCc1ccccc1. The molecule has 5 nitrogen and oxygen atoms in total. The lowest BCUT2D eigenvalue weighted by molar-refractivity contribution is 0.383. The molecular formula is C15H23N5S. The Kier molecular flexibility index (Phi) is 6.07. The van der Waals surface area contributed by atoms with Crippen LogP contribution in [0.2, 0.25) is 0 Å². The van der Waals surface area contributed by atoms with Gasteiger partial charge in [-0.2, -0.15) is 0 Å². The first kappa shape index (κ1) is 15.9. The van der Waals surface area contributed by atoms with Crippen molar-refractivity contribution in [2.45, 2.75) is 24.5 Å². The number of hydrogen-bond acceptors (Lipinski definition) is 5. The zero-order valence-corrected chi connectivity index (χ0v) is 13.5. The molecule has 6 heteroatoms. The van der Waals surface area contributed by atoms with Gasteiger partial charge < -0.3 is 10.6 Å². The summed E-state index contributed by atoms with van der Waals surface area (Å²) in [6.07, 6.45) is 2.07. The minimum atomic E-state index is 0.510. The lowest BCUT2D eigenvalue weighted by atomic mass is 10.2. The highest BCUT2D eigenvalue weighted by atomic mass is 32.2. The zero-order valence-electron chi connectivity index (χ0n) is 12.7. The molecule has 0 aliphatic rings. The highest BCUT2D eigenvalue weighted by Crippen LogP contribution is 2.19. The van der Waals surface area contributed by atoms with Crippen LogP contribution in [-0.2, 0) is 13.0 Å². The fourth-order valence-electron chi connectivity index (χ4n) is 2.07. The van der Waals surface area contributed by atoms with Gasteiger partial charge in [0.25, 0.3) is 0 Å². The van der Waals surface area contributed by atoms with Crippen LogP contribution in [0.15, 0.2) is 35.5 Å². The molecule has 0 fully saturated rings. The van der Waals surface area contributed by atoms with Gasteiger partial charge in [0.1, 0.15) is 0 Å². The predicted molar refractivity (Wildman–Crippen MR) is 88.5 cm³/mol.